The summed E-state index contributed by atoms with van der Waals surface area (Å²) in [6.45, 7) is 6.53. The van der Waals surface area contributed by atoms with E-state index in [1.165, 1.54) is 6.42 Å². The molecule has 150 valence electrons. The van der Waals surface area contributed by atoms with E-state index in [9.17, 15) is 9.59 Å². The molecule has 2 aliphatic rings. The van der Waals surface area contributed by atoms with Gasteiger partial charge in [-0.05, 0) is 52.4 Å². The SMILES string of the molecule is Cc1nc(C)c(CCC(=O)N2CCC(OCC3CCCCO3)CC2)c(=O)[nH]1. The summed E-state index contributed by atoms with van der Waals surface area (Å²) >= 11 is 0. The zero-order valence-corrected chi connectivity index (χ0v) is 16.5. The summed E-state index contributed by atoms with van der Waals surface area (Å²) in [6.07, 6.45) is 6.42. The van der Waals surface area contributed by atoms with Crippen molar-refractivity contribution in [1.82, 2.24) is 14.9 Å². The highest BCUT2D eigenvalue weighted by Gasteiger charge is 2.25. The van der Waals surface area contributed by atoms with Gasteiger partial charge in [-0.2, -0.15) is 0 Å². The molecule has 3 rings (SSSR count). The first kappa shape index (κ1) is 20.0. The number of likely N-dealkylation sites (tertiary alicyclic amines) is 1. The number of piperidine rings is 1. The van der Waals surface area contributed by atoms with E-state index < -0.39 is 0 Å². The maximum atomic E-state index is 12.5. The molecule has 2 fully saturated rings. The molecule has 1 atom stereocenters. The molecule has 1 N–H and O–H groups in total. The minimum atomic E-state index is -0.134. The van der Waals surface area contributed by atoms with Crippen LogP contribution in [0.3, 0.4) is 0 Å². The van der Waals surface area contributed by atoms with Gasteiger partial charge in [0.05, 0.1) is 18.8 Å². The van der Waals surface area contributed by atoms with Crippen LogP contribution in [0.2, 0.25) is 0 Å². The van der Waals surface area contributed by atoms with Crippen LogP contribution < -0.4 is 5.56 Å². The third kappa shape index (κ3) is 5.62. The van der Waals surface area contributed by atoms with Gasteiger partial charge in [-0.1, -0.05) is 0 Å². The monoisotopic (exact) mass is 377 g/mol. The van der Waals surface area contributed by atoms with Gasteiger partial charge in [0.25, 0.3) is 5.56 Å². The van der Waals surface area contributed by atoms with Crippen LogP contribution in [0.1, 0.15) is 55.6 Å². The molecule has 2 saturated heterocycles. The van der Waals surface area contributed by atoms with E-state index in [0.717, 1.165) is 45.4 Å². The van der Waals surface area contributed by atoms with E-state index in [-0.39, 0.29) is 23.7 Å². The van der Waals surface area contributed by atoms with Crippen LogP contribution in [0.15, 0.2) is 4.79 Å². The highest BCUT2D eigenvalue weighted by Crippen LogP contribution is 2.18. The fourth-order valence-electron chi connectivity index (χ4n) is 3.89. The quantitative estimate of drug-likeness (QED) is 0.818. The Morgan fingerprint density at radius 3 is 2.70 bits per heavy atom. The Morgan fingerprint density at radius 1 is 1.26 bits per heavy atom. The van der Waals surface area contributed by atoms with Crippen LogP contribution in [0.5, 0.6) is 0 Å². The minimum absolute atomic E-state index is 0.100. The number of aromatic nitrogens is 2. The highest BCUT2D eigenvalue weighted by atomic mass is 16.5. The lowest BCUT2D eigenvalue weighted by Crippen LogP contribution is -2.42. The average molecular weight is 377 g/mol. The van der Waals surface area contributed by atoms with E-state index in [4.69, 9.17) is 9.47 Å². The fraction of sp³-hybridized carbons (Fsp3) is 0.750. The van der Waals surface area contributed by atoms with E-state index in [2.05, 4.69) is 9.97 Å². The van der Waals surface area contributed by atoms with Crippen molar-refractivity contribution in [1.29, 1.82) is 0 Å². The second-order valence-corrected chi connectivity index (χ2v) is 7.62. The number of aromatic amines is 1. The zero-order valence-electron chi connectivity index (χ0n) is 16.5. The van der Waals surface area contributed by atoms with E-state index in [0.29, 0.717) is 36.5 Å². The maximum Gasteiger partial charge on any atom is 0.254 e. The smallest absolute Gasteiger partial charge is 0.254 e. The lowest BCUT2D eigenvalue weighted by molar-refractivity contribution is -0.134. The zero-order chi connectivity index (χ0) is 19.2. The molecular formula is C20H31N3O4. The molecular weight excluding hydrogens is 346 g/mol. The van der Waals surface area contributed by atoms with E-state index in [1.54, 1.807) is 6.92 Å². The van der Waals surface area contributed by atoms with Gasteiger partial charge in [-0.15, -0.1) is 0 Å². The van der Waals surface area contributed by atoms with Crippen molar-refractivity contribution >= 4 is 5.91 Å². The van der Waals surface area contributed by atoms with Gasteiger partial charge < -0.3 is 19.4 Å². The number of aryl methyl sites for hydroxylation is 2. The molecule has 1 aromatic heterocycles. The van der Waals surface area contributed by atoms with Gasteiger partial charge in [0.2, 0.25) is 5.91 Å². The lowest BCUT2D eigenvalue weighted by Gasteiger charge is -2.33. The topological polar surface area (TPSA) is 84.5 Å². The molecule has 0 bridgehead atoms. The summed E-state index contributed by atoms with van der Waals surface area (Å²) in [5.41, 5.74) is 1.19. The van der Waals surface area contributed by atoms with Crippen molar-refractivity contribution in [2.24, 2.45) is 0 Å². The number of nitrogens with zero attached hydrogens (tertiary/aromatic N) is 2. The summed E-state index contributed by atoms with van der Waals surface area (Å²) < 4.78 is 11.7. The Bertz CT molecular complexity index is 689. The van der Waals surface area contributed by atoms with Crippen LogP contribution in [0, 0.1) is 13.8 Å². The Balaban J connectivity index is 1.40. The van der Waals surface area contributed by atoms with Gasteiger partial charge >= 0.3 is 0 Å². The normalized spacial score (nSPS) is 21.4. The standard InChI is InChI=1S/C20H31N3O4/c1-14-18(20(25)22-15(2)21-14)6-7-19(24)23-10-8-16(9-11-23)27-13-17-5-3-4-12-26-17/h16-17H,3-13H2,1-2H3,(H,21,22,25). The lowest BCUT2D eigenvalue weighted by atomic mass is 10.1. The third-order valence-corrected chi connectivity index (χ3v) is 5.52. The molecule has 1 amide bonds. The molecule has 7 nitrogen and oxygen atoms in total. The Kier molecular flexibility index (Phi) is 7.01. The van der Waals surface area contributed by atoms with Gasteiger partial charge in [0.1, 0.15) is 5.82 Å². The van der Waals surface area contributed by atoms with Gasteiger partial charge in [-0.3, -0.25) is 9.59 Å². The number of nitrogens with one attached hydrogen (secondary N) is 1. The predicted molar refractivity (Wildman–Crippen MR) is 102 cm³/mol. The number of hydrogen-bond donors (Lipinski definition) is 1. The van der Waals surface area contributed by atoms with E-state index >= 15 is 0 Å². The van der Waals surface area contributed by atoms with Crippen molar-refractivity contribution in [2.45, 2.75) is 71.0 Å². The number of hydrogen-bond acceptors (Lipinski definition) is 5. The molecule has 27 heavy (non-hydrogen) atoms. The maximum absolute atomic E-state index is 12.5. The molecule has 2 aliphatic heterocycles. The van der Waals surface area contributed by atoms with Crippen molar-refractivity contribution in [3.05, 3.63) is 27.4 Å². The Hall–Kier alpha value is -1.73. The first-order valence-electron chi connectivity index (χ1n) is 10.1. The van der Waals surface area contributed by atoms with Crippen molar-refractivity contribution < 1.29 is 14.3 Å². The van der Waals surface area contributed by atoms with Crippen LogP contribution in [0.25, 0.3) is 0 Å². The number of amides is 1. The van der Waals surface area contributed by atoms with Gasteiger partial charge in [0.15, 0.2) is 0 Å². The largest absolute Gasteiger partial charge is 0.376 e. The first-order valence-corrected chi connectivity index (χ1v) is 10.1. The summed E-state index contributed by atoms with van der Waals surface area (Å²) in [7, 11) is 0. The fourth-order valence-corrected chi connectivity index (χ4v) is 3.89. The van der Waals surface area contributed by atoms with Crippen molar-refractivity contribution in [3.63, 3.8) is 0 Å². The summed E-state index contributed by atoms with van der Waals surface area (Å²) in [4.78, 5) is 33.4. The second-order valence-electron chi connectivity index (χ2n) is 7.62. The van der Waals surface area contributed by atoms with Crippen molar-refractivity contribution in [2.75, 3.05) is 26.3 Å². The Morgan fingerprint density at radius 2 is 2.04 bits per heavy atom. The van der Waals surface area contributed by atoms with Gasteiger partial charge in [-0.25, -0.2) is 4.98 Å². The predicted octanol–water partition coefficient (Wildman–Crippen LogP) is 1.90. The molecule has 0 spiro atoms. The molecule has 0 radical (unpaired) electrons. The van der Waals surface area contributed by atoms with Crippen molar-refractivity contribution in [3.8, 4) is 0 Å². The van der Waals surface area contributed by atoms with Crippen LogP contribution >= 0.6 is 0 Å². The molecule has 1 unspecified atom stereocenters. The second kappa shape index (κ2) is 9.46. The number of ether oxygens (including phenoxy) is 2. The summed E-state index contributed by atoms with van der Waals surface area (Å²) in [5, 5.41) is 0. The molecule has 0 aromatic carbocycles. The summed E-state index contributed by atoms with van der Waals surface area (Å²) in [5.74, 6) is 0.705. The van der Waals surface area contributed by atoms with Crippen LogP contribution in [-0.4, -0.2) is 59.3 Å². The highest BCUT2D eigenvalue weighted by molar-refractivity contribution is 5.76. The first-order chi connectivity index (χ1) is 13.0. The Labute approximate surface area is 160 Å². The van der Waals surface area contributed by atoms with E-state index in [1.807, 2.05) is 11.8 Å². The molecule has 0 aliphatic carbocycles. The van der Waals surface area contributed by atoms with Gasteiger partial charge in [0, 0.05) is 37.4 Å². The van der Waals surface area contributed by atoms with Crippen LogP contribution in [0.4, 0.5) is 0 Å². The number of carbonyl (C=O) groups is 1. The molecule has 7 heteroatoms. The third-order valence-electron chi connectivity index (χ3n) is 5.52. The number of H-pyrrole nitrogens is 1. The summed E-state index contributed by atoms with van der Waals surface area (Å²) in [6, 6.07) is 0. The molecule has 3 heterocycles. The molecule has 1 aromatic rings. The molecule has 0 saturated carbocycles. The van der Waals surface area contributed by atoms with Crippen LogP contribution in [-0.2, 0) is 20.7 Å². The number of rotatable bonds is 6. The minimum Gasteiger partial charge on any atom is -0.376 e. The average Bonchev–Trinajstić information content (AvgIpc) is 2.66. The number of carbonyl (C=O) groups excluding carboxylic acids is 1.